The molecule has 1 aromatic heterocycles. The van der Waals surface area contributed by atoms with Crippen molar-refractivity contribution >= 4 is 17.3 Å². The van der Waals surface area contributed by atoms with E-state index in [4.69, 9.17) is 9.47 Å². The van der Waals surface area contributed by atoms with Gasteiger partial charge in [-0.25, -0.2) is 9.78 Å². The average molecular weight is 397 g/mol. The second-order valence-corrected chi connectivity index (χ2v) is 8.48. The third-order valence-electron chi connectivity index (χ3n) is 4.31. The van der Waals surface area contributed by atoms with Gasteiger partial charge in [0.1, 0.15) is 27.1 Å². The van der Waals surface area contributed by atoms with Gasteiger partial charge in [0.2, 0.25) is 0 Å². The molecule has 0 aliphatic carbocycles. The molecule has 28 heavy (non-hydrogen) atoms. The van der Waals surface area contributed by atoms with Crippen LogP contribution >= 0.6 is 11.3 Å². The fourth-order valence-corrected chi connectivity index (χ4v) is 3.73. The van der Waals surface area contributed by atoms with Crippen LogP contribution < -0.4 is 9.47 Å². The lowest BCUT2D eigenvalue weighted by Gasteiger charge is -2.23. The Hall–Kier alpha value is -2.86. The van der Waals surface area contributed by atoms with Gasteiger partial charge in [-0.1, -0.05) is 20.8 Å². The summed E-state index contributed by atoms with van der Waals surface area (Å²) in [5.41, 5.74) is 2.34. The van der Waals surface area contributed by atoms with Gasteiger partial charge >= 0.3 is 5.97 Å². The monoisotopic (exact) mass is 397 g/mol. The van der Waals surface area contributed by atoms with Gasteiger partial charge in [-0.3, -0.25) is 0 Å². The summed E-state index contributed by atoms with van der Waals surface area (Å²) in [6.45, 7) is 8.09. The second-order valence-electron chi connectivity index (χ2n) is 7.48. The summed E-state index contributed by atoms with van der Waals surface area (Å²) in [7, 11) is 1.65. The topological polar surface area (TPSA) is 68.7 Å². The number of thiazole rings is 1. The van der Waals surface area contributed by atoms with E-state index in [1.807, 2.05) is 42.5 Å². The number of nitrogens with zero attached hydrogens (tertiary/aromatic N) is 1. The molecule has 1 N–H and O–H groups in total. The number of carboxylic acid groups (broad SMARTS) is 1. The predicted molar refractivity (Wildman–Crippen MR) is 111 cm³/mol. The SMILES string of the molecule is COc1ccc(Oc2ccc(-c3nc(C)c(C(=O)O)s3)cc2)c(C(C)(C)C)c1. The zero-order valence-corrected chi connectivity index (χ0v) is 17.4. The molecule has 3 aromatic rings. The number of aromatic nitrogens is 1. The van der Waals surface area contributed by atoms with Crippen molar-refractivity contribution in [3.8, 4) is 27.8 Å². The van der Waals surface area contributed by atoms with Crippen molar-refractivity contribution in [2.24, 2.45) is 0 Å². The predicted octanol–water partition coefficient (Wildman–Crippen LogP) is 5.92. The van der Waals surface area contributed by atoms with Crippen molar-refractivity contribution < 1.29 is 19.4 Å². The van der Waals surface area contributed by atoms with Gasteiger partial charge in [-0.15, -0.1) is 11.3 Å². The van der Waals surface area contributed by atoms with Gasteiger partial charge in [-0.2, -0.15) is 0 Å². The summed E-state index contributed by atoms with van der Waals surface area (Å²) < 4.78 is 11.5. The van der Waals surface area contributed by atoms with Crippen LogP contribution in [0.2, 0.25) is 0 Å². The number of aryl methyl sites for hydroxylation is 1. The number of hydrogen-bond acceptors (Lipinski definition) is 5. The van der Waals surface area contributed by atoms with E-state index in [0.717, 1.165) is 22.6 Å². The Balaban J connectivity index is 1.87. The number of carboxylic acids is 1. The smallest absolute Gasteiger partial charge is 0.347 e. The molecule has 1 heterocycles. The quantitative estimate of drug-likeness (QED) is 0.579. The first kappa shape index (κ1) is 19.9. The number of hydrogen-bond donors (Lipinski definition) is 1. The molecule has 0 spiro atoms. The van der Waals surface area contributed by atoms with Gasteiger partial charge in [0.15, 0.2) is 0 Å². The number of benzene rings is 2. The molecule has 0 fully saturated rings. The minimum absolute atomic E-state index is 0.102. The van der Waals surface area contributed by atoms with Crippen molar-refractivity contribution in [1.82, 2.24) is 4.98 Å². The third-order valence-corrected chi connectivity index (χ3v) is 5.51. The standard InChI is InChI=1S/C22H23NO4S/c1-13-19(21(24)25)28-20(23-13)14-6-8-15(9-7-14)27-18-11-10-16(26-5)12-17(18)22(2,3)4/h6-12H,1-5H3,(H,24,25). The minimum Gasteiger partial charge on any atom is -0.497 e. The van der Waals surface area contributed by atoms with Gasteiger partial charge in [0, 0.05) is 11.1 Å². The Morgan fingerprint density at radius 3 is 2.25 bits per heavy atom. The zero-order valence-electron chi connectivity index (χ0n) is 16.6. The molecule has 146 valence electrons. The molecule has 6 heteroatoms. The summed E-state index contributed by atoms with van der Waals surface area (Å²) in [5, 5.41) is 9.89. The molecule has 0 radical (unpaired) electrons. The summed E-state index contributed by atoms with van der Waals surface area (Å²) in [4.78, 5) is 15.9. The maximum atomic E-state index is 11.2. The van der Waals surface area contributed by atoms with Crippen LogP contribution in [-0.4, -0.2) is 23.2 Å². The van der Waals surface area contributed by atoms with E-state index >= 15 is 0 Å². The molecular formula is C22H23NO4S. The van der Waals surface area contributed by atoms with Crippen molar-refractivity contribution in [3.63, 3.8) is 0 Å². The number of carbonyl (C=O) groups is 1. The molecule has 0 aliphatic heterocycles. The summed E-state index contributed by atoms with van der Waals surface area (Å²) in [6, 6.07) is 13.3. The number of aromatic carboxylic acids is 1. The Kier molecular flexibility index (Phi) is 5.42. The van der Waals surface area contributed by atoms with Crippen LogP contribution in [0.1, 0.15) is 41.7 Å². The van der Waals surface area contributed by atoms with Gasteiger partial charge < -0.3 is 14.6 Å². The second kappa shape index (κ2) is 7.64. The molecule has 2 aromatic carbocycles. The van der Waals surface area contributed by atoms with Crippen LogP contribution in [0, 0.1) is 6.92 Å². The van der Waals surface area contributed by atoms with E-state index < -0.39 is 5.97 Å². The van der Waals surface area contributed by atoms with Crippen molar-refractivity contribution in [2.75, 3.05) is 7.11 Å². The highest BCUT2D eigenvalue weighted by molar-refractivity contribution is 7.17. The summed E-state index contributed by atoms with van der Waals surface area (Å²) in [6.07, 6.45) is 0. The molecule has 0 atom stereocenters. The van der Waals surface area contributed by atoms with E-state index in [2.05, 4.69) is 25.8 Å². The Morgan fingerprint density at radius 2 is 1.71 bits per heavy atom. The van der Waals surface area contributed by atoms with E-state index in [-0.39, 0.29) is 10.3 Å². The molecule has 3 rings (SSSR count). The van der Waals surface area contributed by atoms with Crippen LogP contribution in [0.15, 0.2) is 42.5 Å². The Morgan fingerprint density at radius 1 is 1.07 bits per heavy atom. The van der Waals surface area contributed by atoms with Crippen LogP contribution in [0.5, 0.6) is 17.2 Å². The Bertz CT molecular complexity index is 1000. The first-order valence-corrected chi connectivity index (χ1v) is 9.68. The van der Waals surface area contributed by atoms with E-state index in [9.17, 15) is 9.90 Å². The average Bonchev–Trinajstić information content (AvgIpc) is 3.04. The molecule has 0 unspecified atom stereocenters. The van der Waals surface area contributed by atoms with Gasteiger partial charge in [0.05, 0.1) is 12.8 Å². The summed E-state index contributed by atoms with van der Waals surface area (Å²) in [5.74, 6) is 1.32. The number of rotatable bonds is 5. The van der Waals surface area contributed by atoms with E-state index in [1.165, 1.54) is 11.3 Å². The maximum absolute atomic E-state index is 11.2. The molecule has 0 bridgehead atoms. The Labute approximate surface area is 168 Å². The van der Waals surface area contributed by atoms with Gasteiger partial charge in [0.25, 0.3) is 0 Å². The lowest BCUT2D eigenvalue weighted by Crippen LogP contribution is -2.12. The number of ether oxygens (including phenoxy) is 2. The van der Waals surface area contributed by atoms with Crippen LogP contribution in [0.4, 0.5) is 0 Å². The third kappa shape index (κ3) is 4.17. The van der Waals surface area contributed by atoms with Gasteiger partial charge in [-0.05, 0) is 54.8 Å². The highest BCUT2D eigenvalue weighted by Gasteiger charge is 2.21. The van der Waals surface area contributed by atoms with E-state index in [1.54, 1.807) is 14.0 Å². The van der Waals surface area contributed by atoms with E-state index in [0.29, 0.717) is 16.5 Å². The lowest BCUT2D eigenvalue weighted by atomic mass is 9.86. The minimum atomic E-state index is -0.949. The molecular weight excluding hydrogens is 374 g/mol. The first-order chi connectivity index (χ1) is 13.2. The zero-order chi connectivity index (χ0) is 20.5. The fourth-order valence-electron chi connectivity index (χ4n) is 2.82. The molecule has 0 saturated heterocycles. The molecule has 0 saturated carbocycles. The maximum Gasteiger partial charge on any atom is 0.347 e. The number of methoxy groups -OCH3 is 1. The highest BCUT2D eigenvalue weighted by atomic mass is 32.1. The molecule has 0 aliphatic rings. The van der Waals surface area contributed by atoms with Crippen molar-refractivity contribution in [2.45, 2.75) is 33.1 Å². The van der Waals surface area contributed by atoms with Crippen LogP contribution in [0.3, 0.4) is 0 Å². The fraction of sp³-hybridized carbons (Fsp3) is 0.273. The highest BCUT2D eigenvalue weighted by Crippen LogP contribution is 2.37. The van der Waals surface area contributed by atoms with Crippen molar-refractivity contribution in [1.29, 1.82) is 0 Å². The van der Waals surface area contributed by atoms with Crippen LogP contribution in [-0.2, 0) is 5.41 Å². The van der Waals surface area contributed by atoms with Crippen LogP contribution in [0.25, 0.3) is 10.6 Å². The van der Waals surface area contributed by atoms with Crippen molar-refractivity contribution in [3.05, 3.63) is 58.6 Å². The molecule has 5 nitrogen and oxygen atoms in total. The first-order valence-electron chi connectivity index (χ1n) is 8.86. The lowest BCUT2D eigenvalue weighted by molar-refractivity contribution is 0.0701. The summed E-state index contributed by atoms with van der Waals surface area (Å²) >= 11 is 1.18. The normalized spacial score (nSPS) is 11.3. The largest absolute Gasteiger partial charge is 0.497 e. The molecule has 0 amide bonds.